The molecule has 106 valence electrons. The molecule has 1 aliphatic rings. The van der Waals surface area contributed by atoms with E-state index >= 15 is 0 Å². The molecule has 0 aromatic carbocycles. The van der Waals surface area contributed by atoms with Crippen LogP contribution in [-0.2, 0) is 0 Å². The maximum Gasteiger partial charge on any atom is 0.151 e. The molecule has 1 saturated carbocycles. The second-order valence-electron chi connectivity index (χ2n) is 6.21. The van der Waals surface area contributed by atoms with Crippen LogP contribution in [0.2, 0.25) is 0 Å². The zero-order chi connectivity index (χ0) is 13.8. The number of nitrogens with one attached hydrogen (secondary N) is 1. The van der Waals surface area contributed by atoms with E-state index < -0.39 is 0 Å². The molecular weight excluding hydrogens is 234 g/mol. The van der Waals surface area contributed by atoms with Gasteiger partial charge in [-0.15, -0.1) is 0 Å². The zero-order valence-electron chi connectivity index (χ0n) is 12.7. The Bertz CT molecular complexity index is 401. The Morgan fingerprint density at radius 3 is 2.68 bits per heavy atom. The molecule has 2 unspecified atom stereocenters. The molecule has 1 N–H and O–H groups in total. The van der Waals surface area contributed by atoms with E-state index in [4.69, 9.17) is 0 Å². The highest BCUT2D eigenvalue weighted by Gasteiger charge is 2.28. The average molecular weight is 261 g/mol. The molecule has 3 heteroatoms. The van der Waals surface area contributed by atoms with Crippen molar-refractivity contribution in [3.63, 3.8) is 0 Å². The maximum absolute atomic E-state index is 4.48. The van der Waals surface area contributed by atoms with Gasteiger partial charge in [0, 0.05) is 26.3 Å². The molecule has 0 radical (unpaired) electrons. The molecule has 0 aliphatic heterocycles. The lowest BCUT2D eigenvalue weighted by atomic mass is 9.78. The first-order valence-electron chi connectivity index (χ1n) is 7.48. The van der Waals surface area contributed by atoms with Gasteiger partial charge in [0.1, 0.15) is 0 Å². The summed E-state index contributed by atoms with van der Waals surface area (Å²) in [7, 11) is 4.10. The molecule has 0 saturated heterocycles. The molecule has 1 aliphatic carbocycles. The van der Waals surface area contributed by atoms with Crippen LogP contribution in [0.3, 0.4) is 0 Å². The summed E-state index contributed by atoms with van der Waals surface area (Å²) in [5.41, 5.74) is 1.17. The number of rotatable bonds is 4. The SMILES string of the molecule is CC(C)C1CCCCC1Nc1cccnc1N(C)C. The quantitative estimate of drug-likeness (QED) is 0.894. The second-order valence-corrected chi connectivity index (χ2v) is 6.21. The van der Waals surface area contributed by atoms with Gasteiger partial charge in [-0.3, -0.25) is 0 Å². The van der Waals surface area contributed by atoms with Gasteiger partial charge in [-0.25, -0.2) is 4.98 Å². The summed E-state index contributed by atoms with van der Waals surface area (Å²) in [4.78, 5) is 6.56. The van der Waals surface area contributed by atoms with E-state index in [1.165, 1.54) is 31.4 Å². The molecule has 1 heterocycles. The highest BCUT2D eigenvalue weighted by molar-refractivity contribution is 5.65. The van der Waals surface area contributed by atoms with Crippen molar-refractivity contribution in [2.75, 3.05) is 24.3 Å². The summed E-state index contributed by atoms with van der Waals surface area (Å²) in [6.07, 6.45) is 7.23. The van der Waals surface area contributed by atoms with Crippen molar-refractivity contribution in [1.29, 1.82) is 0 Å². The third-order valence-corrected chi connectivity index (χ3v) is 4.23. The fourth-order valence-electron chi connectivity index (χ4n) is 3.20. The average Bonchev–Trinajstić information content (AvgIpc) is 2.39. The number of hydrogen-bond donors (Lipinski definition) is 1. The Morgan fingerprint density at radius 1 is 1.26 bits per heavy atom. The van der Waals surface area contributed by atoms with Gasteiger partial charge < -0.3 is 10.2 Å². The Labute approximate surface area is 117 Å². The van der Waals surface area contributed by atoms with E-state index in [0.29, 0.717) is 6.04 Å². The number of aromatic nitrogens is 1. The number of hydrogen-bond acceptors (Lipinski definition) is 3. The number of anilines is 2. The van der Waals surface area contributed by atoms with Crippen LogP contribution in [0.15, 0.2) is 18.3 Å². The molecule has 3 nitrogen and oxygen atoms in total. The molecule has 2 atom stereocenters. The van der Waals surface area contributed by atoms with Crippen molar-refractivity contribution in [1.82, 2.24) is 4.98 Å². The number of nitrogens with zero attached hydrogens (tertiary/aromatic N) is 2. The Balaban J connectivity index is 2.15. The standard InChI is InChI=1S/C16H27N3/c1-12(2)13-8-5-6-9-14(13)18-15-10-7-11-17-16(15)19(3)4/h7,10-14,18H,5-6,8-9H2,1-4H3. The third kappa shape index (κ3) is 3.40. The van der Waals surface area contributed by atoms with Gasteiger partial charge in [-0.1, -0.05) is 26.7 Å². The Kier molecular flexibility index (Phi) is 4.67. The third-order valence-electron chi connectivity index (χ3n) is 4.23. The van der Waals surface area contributed by atoms with Crippen molar-refractivity contribution in [2.45, 2.75) is 45.6 Å². The summed E-state index contributed by atoms with van der Waals surface area (Å²) >= 11 is 0. The largest absolute Gasteiger partial charge is 0.379 e. The van der Waals surface area contributed by atoms with Crippen molar-refractivity contribution in [3.05, 3.63) is 18.3 Å². The highest BCUT2D eigenvalue weighted by Crippen LogP contribution is 2.33. The lowest BCUT2D eigenvalue weighted by Crippen LogP contribution is -2.35. The molecule has 1 aromatic heterocycles. The van der Waals surface area contributed by atoms with Crippen molar-refractivity contribution in [3.8, 4) is 0 Å². The van der Waals surface area contributed by atoms with Gasteiger partial charge in [0.25, 0.3) is 0 Å². The van der Waals surface area contributed by atoms with Gasteiger partial charge in [-0.2, -0.15) is 0 Å². The maximum atomic E-state index is 4.48. The lowest BCUT2D eigenvalue weighted by Gasteiger charge is -2.36. The zero-order valence-corrected chi connectivity index (χ0v) is 12.7. The van der Waals surface area contributed by atoms with Crippen molar-refractivity contribution in [2.24, 2.45) is 11.8 Å². The van der Waals surface area contributed by atoms with E-state index in [1.54, 1.807) is 0 Å². The first kappa shape index (κ1) is 14.2. The van der Waals surface area contributed by atoms with Gasteiger partial charge in [-0.05, 0) is 36.8 Å². The van der Waals surface area contributed by atoms with Crippen LogP contribution in [-0.4, -0.2) is 25.1 Å². The molecule has 1 fully saturated rings. The molecular formula is C16H27N3. The monoisotopic (exact) mass is 261 g/mol. The number of pyridine rings is 1. The minimum Gasteiger partial charge on any atom is -0.379 e. The molecule has 0 spiro atoms. The van der Waals surface area contributed by atoms with Crippen LogP contribution in [0.1, 0.15) is 39.5 Å². The Hall–Kier alpha value is -1.25. The smallest absolute Gasteiger partial charge is 0.151 e. The molecule has 0 amide bonds. The van der Waals surface area contributed by atoms with E-state index in [9.17, 15) is 0 Å². The highest BCUT2D eigenvalue weighted by atomic mass is 15.2. The van der Waals surface area contributed by atoms with Gasteiger partial charge in [0.2, 0.25) is 0 Å². The van der Waals surface area contributed by atoms with Crippen LogP contribution in [0.25, 0.3) is 0 Å². The van der Waals surface area contributed by atoms with Gasteiger partial charge >= 0.3 is 0 Å². The first-order chi connectivity index (χ1) is 9.09. The van der Waals surface area contributed by atoms with Crippen LogP contribution in [0.5, 0.6) is 0 Å². The second kappa shape index (κ2) is 6.27. The van der Waals surface area contributed by atoms with Crippen molar-refractivity contribution >= 4 is 11.5 Å². The van der Waals surface area contributed by atoms with Crippen LogP contribution < -0.4 is 10.2 Å². The van der Waals surface area contributed by atoms with Crippen LogP contribution in [0.4, 0.5) is 11.5 Å². The van der Waals surface area contributed by atoms with Crippen LogP contribution in [0, 0.1) is 11.8 Å². The summed E-state index contributed by atoms with van der Waals surface area (Å²) in [6.45, 7) is 4.70. The van der Waals surface area contributed by atoms with E-state index in [1.807, 2.05) is 26.4 Å². The fourth-order valence-corrected chi connectivity index (χ4v) is 3.20. The van der Waals surface area contributed by atoms with Gasteiger partial charge in [0.05, 0.1) is 5.69 Å². The summed E-state index contributed by atoms with van der Waals surface area (Å²) in [6, 6.07) is 4.76. The summed E-state index contributed by atoms with van der Waals surface area (Å²) in [5.74, 6) is 2.57. The summed E-state index contributed by atoms with van der Waals surface area (Å²) in [5, 5.41) is 3.76. The lowest BCUT2D eigenvalue weighted by molar-refractivity contribution is 0.254. The molecule has 2 rings (SSSR count). The predicted octanol–water partition coefficient (Wildman–Crippen LogP) is 3.77. The van der Waals surface area contributed by atoms with Crippen LogP contribution >= 0.6 is 0 Å². The van der Waals surface area contributed by atoms with Crippen molar-refractivity contribution < 1.29 is 0 Å². The molecule has 0 bridgehead atoms. The molecule has 1 aromatic rings. The predicted molar refractivity (Wildman–Crippen MR) is 82.8 cm³/mol. The normalized spacial score (nSPS) is 23.4. The summed E-state index contributed by atoms with van der Waals surface area (Å²) < 4.78 is 0. The van der Waals surface area contributed by atoms with E-state index in [2.05, 4.69) is 35.1 Å². The Morgan fingerprint density at radius 2 is 2.00 bits per heavy atom. The molecule has 19 heavy (non-hydrogen) atoms. The first-order valence-corrected chi connectivity index (χ1v) is 7.48. The van der Waals surface area contributed by atoms with Gasteiger partial charge in [0.15, 0.2) is 5.82 Å². The fraction of sp³-hybridized carbons (Fsp3) is 0.688. The van der Waals surface area contributed by atoms with E-state index in [0.717, 1.165) is 17.7 Å². The topological polar surface area (TPSA) is 28.2 Å². The van der Waals surface area contributed by atoms with E-state index in [-0.39, 0.29) is 0 Å². The minimum atomic E-state index is 0.594. The minimum absolute atomic E-state index is 0.594.